The van der Waals surface area contributed by atoms with Crippen LogP contribution < -0.4 is 5.32 Å². The van der Waals surface area contributed by atoms with Gasteiger partial charge in [-0.2, -0.15) is 0 Å². The second-order valence-electron chi connectivity index (χ2n) is 5.68. The van der Waals surface area contributed by atoms with E-state index < -0.39 is 0 Å². The fourth-order valence-corrected chi connectivity index (χ4v) is 4.34. The van der Waals surface area contributed by atoms with Gasteiger partial charge in [-0.25, -0.2) is 0 Å². The summed E-state index contributed by atoms with van der Waals surface area (Å²) in [6, 6.07) is 0. The maximum absolute atomic E-state index is 5.84. The summed E-state index contributed by atoms with van der Waals surface area (Å²) in [5, 5.41) is 4.21. The molecule has 2 saturated carbocycles. The summed E-state index contributed by atoms with van der Waals surface area (Å²) in [6.45, 7) is 0. The molecule has 3 rings (SSSR count). The quantitative estimate of drug-likeness (QED) is 0.656. The van der Waals surface area contributed by atoms with E-state index in [2.05, 4.69) is 5.32 Å². The van der Waals surface area contributed by atoms with Gasteiger partial charge in [-0.1, -0.05) is 25.7 Å². The summed E-state index contributed by atoms with van der Waals surface area (Å²) in [5.41, 5.74) is 0.304. The SMILES string of the molecule is S=C1NC2(CCCCC2)C2CCCCC2O1. The standard InChI is InChI=1S/C13H21NOS/c16-12-14-13(8-4-1-5-9-13)10-6-2-3-7-11(10)15-12/h10-11H,1-9H2,(H,14,16). The third-order valence-electron chi connectivity index (χ3n) is 4.77. The van der Waals surface area contributed by atoms with Crippen molar-refractivity contribution >= 4 is 17.4 Å². The molecule has 1 heterocycles. The molecule has 1 aliphatic heterocycles. The molecule has 3 fully saturated rings. The molecule has 0 bridgehead atoms. The van der Waals surface area contributed by atoms with Crippen molar-refractivity contribution in [1.82, 2.24) is 5.32 Å². The molecule has 1 spiro atoms. The van der Waals surface area contributed by atoms with Crippen LogP contribution in [0.1, 0.15) is 57.8 Å². The fourth-order valence-electron chi connectivity index (χ4n) is 4.01. The molecule has 1 saturated heterocycles. The van der Waals surface area contributed by atoms with Gasteiger partial charge in [0, 0.05) is 11.5 Å². The molecule has 0 aromatic rings. The van der Waals surface area contributed by atoms with Gasteiger partial charge in [-0.3, -0.25) is 0 Å². The number of rotatable bonds is 0. The lowest BCUT2D eigenvalue weighted by Crippen LogP contribution is -2.63. The van der Waals surface area contributed by atoms with Gasteiger partial charge in [0.15, 0.2) is 0 Å². The highest BCUT2D eigenvalue weighted by atomic mass is 32.1. The first-order valence-corrected chi connectivity index (χ1v) is 7.20. The minimum atomic E-state index is 0.304. The molecule has 16 heavy (non-hydrogen) atoms. The molecule has 0 aromatic heterocycles. The van der Waals surface area contributed by atoms with Crippen molar-refractivity contribution in [2.75, 3.05) is 0 Å². The maximum atomic E-state index is 5.84. The predicted octanol–water partition coefficient (Wildman–Crippen LogP) is 3.15. The highest BCUT2D eigenvalue weighted by Crippen LogP contribution is 2.44. The highest BCUT2D eigenvalue weighted by molar-refractivity contribution is 7.80. The van der Waals surface area contributed by atoms with Crippen molar-refractivity contribution in [2.45, 2.75) is 69.4 Å². The lowest BCUT2D eigenvalue weighted by Gasteiger charge is -2.52. The number of thiocarbonyl (C=S) groups is 1. The molecule has 3 aliphatic rings. The Bertz CT molecular complexity index is 286. The van der Waals surface area contributed by atoms with E-state index in [1.165, 1.54) is 57.8 Å². The molecule has 90 valence electrons. The zero-order valence-corrected chi connectivity index (χ0v) is 10.7. The Morgan fingerprint density at radius 3 is 2.62 bits per heavy atom. The Hall–Kier alpha value is -0.310. The molecule has 2 aliphatic carbocycles. The first-order chi connectivity index (χ1) is 7.80. The van der Waals surface area contributed by atoms with E-state index in [9.17, 15) is 0 Å². The highest BCUT2D eigenvalue weighted by Gasteiger charge is 2.49. The van der Waals surface area contributed by atoms with Gasteiger partial charge in [0.25, 0.3) is 5.17 Å². The summed E-state index contributed by atoms with van der Waals surface area (Å²) in [4.78, 5) is 0. The van der Waals surface area contributed by atoms with Crippen molar-refractivity contribution in [3.05, 3.63) is 0 Å². The average Bonchev–Trinajstić information content (AvgIpc) is 2.30. The smallest absolute Gasteiger partial charge is 0.257 e. The van der Waals surface area contributed by atoms with Gasteiger partial charge in [0.05, 0.1) is 0 Å². The first-order valence-electron chi connectivity index (χ1n) is 6.79. The lowest BCUT2D eigenvalue weighted by atomic mass is 9.65. The van der Waals surface area contributed by atoms with Crippen LogP contribution in [0.4, 0.5) is 0 Å². The molecule has 3 heteroatoms. The van der Waals surface area contributed by atoms with Crippen LogP contribution in [0.2, 0.25) is 0 Å². The molecule has 2 unspecified atom stereocenters. The van der Waals surface area contributed by atoms with Gasteiger partial charge in [0.2, 0.25) is 0 Å². The molecule has 0 radical (unpaired) electrons. The number of ether oxygens (including phenoxy) is 1. The Morgan fingerprint density at radius 1 is 1.06 bits per heavy atom. The van der Waals surface area contributed by atoms with Gasteiger partial charge in [-0.15, -0.1) is 0 Å². The normalized spacial score (nSPS) is 37.4. The Balaban J connectivity index is 1.85. The third-order valence-corrected chi connectivity index (χ3v) is 4.97. The van der Waals surface area contributed by atoms with Crippen LogP contribution in [0.3, 0.4) is 0 Å². The van der Waals surface area contributed by atoms with Gasteiger partial charge in [0.1, 0.15) is 6.10 Å². The fraction of sp³-hybridized carbons (Fsp3) is 0.923. The van der Waals surface area contributed by atoms with Crippen molar-refractivity contribution in [3.63, 3.8) is 0 Å². The number of hydrogen-bond acceptors (Lipinski definition) is 2. The van der Waals surface area contributed by atoms with Crippen molar-refractivity contribution in [2.24, 2.45) is 5.92 Å². The third kappa shape index (κ3) is 1.73. The van der Waals surface area contributed by atoms with Crippen molar-refractivity contribution < 1.29 is 4.74 Å². The van der Waals surface area contributed by atoms with E-state index >= 15 is 0 Å². The van der Waals surface area contributed by atoms with E-state index in [0.29, 0.717) is 22.7 Å². The van der Waals surface area contributed by atoms with Gasteiger partial charge in [-0.05, 0) is 44.3 Å². The van der Waals surface area contributed by atoms with E-state index in [4.69, 9.17) is 17.0 Å². The summed E-state index contributed by atoms with van der Waals surface area (Å²) < 4.78 is 5.84. The van der Waals surface area contributed by atoms with Gasteiger partial charge < -0.3 is 10.1 Å². The van der Waals surface area contributed by atoms with E-state index in [0.717, 1.165) is 0 Å². The van der Waals surface area contributed by atoms with E-state index in [1.807, 2.05) is 0 Å². The monoisotopic (exact) mass is 239 g/mol. The molecule has 0 amide bonds. The molecular formula is C13H21NOS. The molecule has 0 aromatic carbocycles. The topological polar surface area (TPSA) is 21.3 Å². The maximum Gasteiger partial charge on any atom is 0.257 e. The zero-order chi connectivity index (χ0) is 11.0. The summed E-state index contributed by atoms with van der Waals surface area (Å²) in [7, 11) is 0. The van der Waals surface area contributed by atoms with Crippen LogP contribution >= 0.6 is 12.2 Å². The minimum Gasteiger partial charge on any atom is -0.467 e. The van der Waals surface area contributed by atoms with E-state index in [1.54, 1.807) is 0 Å². The Morgan fingerprint density at radius 2 is 1.81 bits per heavy atom. The molecular weight excluding hydrogens is 218 g/mol. The molecule has 2 atom stereocenters. The lowest BCUT2D eigenvalue weighted by molar-refractivity contribution is -0.0229. The van der Waals surface area contributed by atoms with E-state index in [-0.39, 0.29) is 0 Å². The number of fused-ring (bicyclic) bond motifs is 2. The number of hydrogen-bond donors (Lipinski definition) is 1. The summed E-state index contributed by atoms with van der Waals surface area (Å²) >= 11 is 5.29. The Labute approximate surface area is 103 Å². The van der Waals surface area contributed by atoms with Crippen LogP contribution in [0, 0.1) is 5.92 Å². The van der Waals surface area contributed by atoms with Crippen LogP contribution in [0.15, 0.2) is 0 Å². The minimum absolute atomic E-state index is 0.304. The summed E-state index contributed by atoms with van der Waals surface area (Å²) in [6.07, 6.45) is 12.4. The average molecular weight is 239 g/mol. The molecule has 2 nitrogen and oxygen atoms in total. The van der Waals surface area contributed by atoms with Crippen LogP contribution in [0.25, 0.3) is 0 Å². The second kappa shape index (κ2) is 4.17. The predicted molar refractivity (Wildman–Crippen MR) is 68.4 cm³/mol. The van der Waals surface area contributed by atoms with Crippen LogP contribution in [-0.4, -0.2) is 16.8 Å². The summed E-state index contributed by atoms with van der Waals surface area (Å²) in [5.74, 6) is 0.716. The van der Waals surface area contributed by atoms with Crippen LogP contribution in [0.5, 0.6) is 0 Å². The van der Waals surface area contributed by atoms with Crippen molar-refractivity contribution in [1.29, 1.82) is 0 Å². The molecule has 1 N–H and O–H groups in total. The van der Waals surface area contributed by atoms with Crippen molar-refractivity contribution in [3.8, 4) is 0 Å². The van der Waals surface area contributed by atoms with Gasteiger partial charge >= 0.3 is 0 Å². The largest absolute Gasteiger partial charge is 0.467 e. The van der Waals surface area contributed by atoms with Crippen LogP contribution in [-0.2, 0) is 4.74 Å². The first kappa shape index (κ1) is 10.8. The number of nitrogens with one attached hydrogen (secondary N) is 1. The second-order valence-corrected chi connectivity index (χ2v) is 6.05. The Kier molecular flexibility index (Phi) is 2.82. The zero-order valence-electron chi connectivity index (χ0n) is 9.84.